The van der Waals surface area contributed by atoms with Gasteiger partial charge in [-0.25, -0.2) is 14.1 Å². The molecule has 0 bridgehead atoms. The molecule has 0 spiro atoms. The van der Waals surface area contributed by atoms with Crippen LogP contribution in [0.5, 0.6) is 0 Å². The number of hydrogen-bond donors (Lipinski definition) is 1. The van der Waals surface area contributed by atoms with Gasteiger partial charge in [0.1, 0.15) is 18.0 Å². The maximum absolute atomic E-state index is 13.5. The molecule has 1 saturated heterocycles. The molecule has 0 saturated carbocycles. The maximum atomic E-state index is 13.5. The van der Waals surface area contributed by atoms with Gasteiger partial charge in [0.05, 0.1) is 12.6 Å². The summed E-state index contributed by atoms with van der Waals surface area (Å²) in [6.45, 7) is 1.37. The Kier molecular flexibility index (Phi) is 4.02. The lowest BCUT2D eigenvalue weighted by Gasteiger charge is -2.35. The Morgan fingerprint density at radius 2 is 2.21 bits per heavy atom. The van der Waals surface area contributed by atoms with Crippen molar-refractivity contribution in [3.8, 4) is 0 Å². The van der Waals surface area contributed by atoms with Gasteiger partial charge in [-0.3, -0.25) is 4.79 Å². The van der Waals surface area contributed by atoms with E-state index < -0.39 is 0 Å². The standard InChI is InChI=1S/C17H20FN5O/c18-12-3-1-4-14(9-12)22-8-2-5-15(17(22)24)21-13-6-7-16-19-11-20-23(16)10-13/h1,3-4,9,11,13,15,21H,2,5-8,10H2. The van der Waals surface area contributed by atoms with E-state index in [1.54, 1.807) is 23.4 Å². The van der Waals surface area contributed by atoms with Crippen LogP contribution in [0.15, 0.2) is 30.6 Å². The quantitative estimate of drug-likeness (QED) is 0.927. The van der Waals surface area contributed by atoms with Crippen LogP contribution < -0.4 is 10.2 Å². The monoisotopic (exact) mass is 329 g/mol. The van der Waals surface area contributed by atoms with Crippen LogP contribution >= 0.6 is 0 Å². The molecule has 2 atom stereocenters. The molecule has 4 rings (SSSR count). The van der Waals surface area contributed by atoms with E-state index in [0.717, 1.165) is 38.1 Å². The Bertz CT molecular complexity index is 746. The van der Waals surface area contributed by atoms with Crippen molar-refractivity contribution in [2.75, 3.05) is 11.4 Å². The Balaban J connectivity index is 1.45. The third-order valence-electron chi connectivity index (χ3n) is 4.80. The minimum atomic E-state index is -0.318. The fourth-order valence-corrected chi connectivity index (χ4v) is 3.59. The van der Waals surface area contributed by atoms with Crippen molar-refractivity contribution in [2.24, 2.45) is 0 Å². The number of hydrogen-bond acceptors (Lipinski definition) is 4. The van der Waals surface area contributed by atoms with E-state index in [0.29, 0.717) is 12.2 Å². The van der Waals surface area contributed by atoms with Gasteiger partial charge in [-0.15, -0.1) is 0 Å². The predicted octanol–water partition coefficient (Wildman–Crippen LogP) is 1.52. The minimum absolute atomic E-state index is 0.0243. The second-order valence-electron chi connectivity index (χ2n) is 6.43. The summed E-state index contributed by atoms with van der Waals surface area (Å²) >= 11 is 0. The summed E-state index contributed by atoms with van der Waals surface area (Å²) in [5.74, 6) is 0.710. The highest BCUT2D eigenvalue weighted by molar-refractivity contribution is 5.97. The highest BCUT2D eigenvalue weighted by atomic mass is 19.1. The topological polar surface area (TPSA) is 63.1 Å². The molecule has 1 fully saturated rings. The first-order valence-electron chi connectivity index (χ1n) is 8.40. The summed E-state index contributed by atoms with van der Waals surface area (Å²) in [5, 5.41) is 7.70. The number of nitrogens with one attached hydrogen (secondary N) is 1. The van der Waals surface area contributed by atoms with Gasteiger partial charge in [0.15, 0.2) is 0 Å². The minimum Gasteiger partial charge on any atom is -0.311 e. The molecule has 2 aliphatic rings. The van der Waals surface area contributed by atoms with Gasteiger partial charge in [0, 0.05) is 24.7 Å². The average Bonchev–Trinajstić information content (AvgIpc) is 3.04. The third-order valence-corrected chi connectivity index (χ3v) is 4.80. The number of aromatic nitrogens is 3. The highest BCUT2D eigenvalue weighted by Crippen LogP contribution is 2.23. The normalized spacial score (nSPS) is 24.0. The van der Waals surface area contributed by atoms with Crippen LogP contribution in [0.1, 0.15) is 25.1 Å². The molecular formula is C17H20FN5O. The summed E-state index contributed by atoms with van der Waals surface area (Å²) in [6, 6.07) is 6.22. The lowest BCUT2D eigenvalue weighted by atomic mass is 10.0. The van der Waals surface area contributed by atoms with Crippen LogP contribution in [0.25, 0.3) is 0 Å². The Hall–Kier alpha value is -2.28. The van der Waals surface area contributed by atoms with E-state index in [-0.39, 0.29) is 23.8 Å². The molecule has 126 valence electrons. The Morgan fingerprint density at radius 1 is 1.29 bits per heavy atom. The van der Waals surface area contributed by atoms with E-state index in [1.165, 1.54) is 12.1 Å². The third kappa shape index (κ3) is 2.91. The van der Waals surface area contributed by atoms with Gasteiger partial charge in [0.2, 0.25) is 5.91 Å². The van der Waals surface area contributed by atoms with E-state index in [4.69, 9.17) is 0 Å². The highest BCUT2D eigenvalue weighted by Gasteiger charge is 2.32. The maximum Gasteiger partial charge on any atom is 0.244 e. The second kappa shape index (κ2) is 6.32. The number of fused-ring (bicyclic) bond motifs is 1. The van der Waals surface area contributed by atoms with E-state index >= 15 is 0 Å². The number of carbonyl (C=O) groups excluding carboxylic acids is 1. The van der Waals surface area contributed by atoms with Crippen molar-refractivity contribution in [2.45, 2.75) is 44.3 Å². The number of halogens is 1. The number of amides is 1. The zero-order valence-corrected chi connectivity index (χ0v) is 13.4. The van der Waals surface area contributed by atoms with Crippen molar-refractivity contribution >= 4 is 11.6 Å². The number of carbonyl (C=O) groups is 1. The summed E-state index contributed by atoms with van der Waals surface area (Å²) < 4.78 is 15.4. The van der Waals surface area contributed by atoms with E-state index in [1.807, 2.05) is 4.68 Å². The molecule has 1 aromatic carbocycles. The van der Waals surface area contributed by atoms with Crippen LogP contribution in [0.3, 0.4) is 0 Å². The molecule has 6 nitrogen and oxygen atoms in total. The zero-order valence-electron chi connectivity index (χ0n) is 13.4. The zero-order chi connectivity index (χ0) is 16.5. The van der Waals surface area contributed by atoms with Crippen LogP contribution in [0.4, 0.5) is 10.1 Å². The Morgan fingerprint density at radius 3 is 3.08 bits per heavy atom. The average molecular weight is 329 g/mol. The Labute approximate surface area is 139 Å². The van der Waals surface area contributed by atoms with Gasteiger partial charge in [-0.05, 0) is 37.5 Å². The van der Waals surface area contributed by atoms with Crippen molar-refractivity contribution in [1.82, 2.24) is 20.1 Å². The smallest absolute Gasteiger partial charge is 0.244 e. The first-order chi connectivity index (χ1) is 11.7. The van der Waals surface area contributed by atoms with Gasteiger partial charge in [-0.2, -0.15) is 5.10 Å². The fourth-order valence-electron chi connectivity index (χ4n) is 3.59. The summed E-state index contributed by atoms with van der Waals surface area (Å²) in [6.07, 6.45) is 5.11. The van der Waals surface area contributed by atoms with Gasteiger partial charge < -0.3 is 10.2 Å². The lowest BCUT2D eigenvalue weighted by Crippen LogP contribution is -2.55. The molecule has 0 aliphatic carbocycles. The number of piperidine rings is 1. The molecule has 0 radical (unpaired) electrons. The molecule has 24 heavy (non-hydrogen) atoms. The van der Waals surface area contributed by atoms with Crippen molar-refractivity contribution in [1.29, 1.82) is 0 Å². The summed E-state index contributed by atoms with van der Waals surface area (Å²) in [7, 11) is 0. The molecule has 1 aromatic heterocycles. The number of benzene rings is 1. The van der Waals surface area contributed by atoms with E-state index in [2.05, 4.69) is 15.4 Å². The van der Waals surface area contributed by atoms with Crippen LogP contribution in [0.2, 0.25) is 0 Å². The number of rotatable bonds is 3. The molecule has 7 heteroatoms. The van der Waals surface area contributed by atoms with Crippen LogP contribution in [-0.4, -0.2) is 39.3 Å². The van der Waals surface area contributed by atoms with Crippen LogP contribution in [-0.2, 0) is 17.8 Å². The first kappa shape index (κ1) is 15.3. The SMILES string of the molecule is O=C1C(NC2CCc3ncnn3C2)CCCN1c1cccc(F)c1. The van der Waals surface area contributed by atoms with Crippen molar-refractivity contribution in [3.63, 3.8) is 0 Å². The second-order valence-corrected chi connectivity index (χ2v) is 6.43. The first-order valence-corrected chi connectivity index (χ1v) is 8.40. The molecule has 1 amide bonds. The molecule has 1 N–H and O–H groups in total. The molecule has 2 aromatic rings. The van der Waals surface area contributed by atoms with Crippen molar-refractivity contribution < 1.29 is 9.18 Å². The van der Waals surface area contributed by atoms with Gasteiger partial charge >= 0.3 is 0 Å². The lowest BCUT2D eigenvalue weighted by molar-refractivity contribution is -0.122. The van der Waals surface area contributed by atoms with E-state index in [9.17, 15) is 9.18 Å². The number of aryl methyl sites for hydroxylation is 1. The fraction of sp³-hybridized carbons (Fsp3) is 0.471. The van der Waals surface area contributed by atoms with Gasteiger partial charge in [-0.1, -0.05) is 6.07 Å². The number of nitrogens with zero attached hydrogens (tertiary/aromatic N) is 4. The molecular weight excluding hydrogens is 309 g/mol. The van der Waals surface area contributed by atoms with Gasteiger partial charge in [0.25, 0.3) is 0 Å². The number of anilines is 1. The molecule has 2 aliphatic heterocycles. The molecule has 3 heterocycles. The summed E-state index contributed by atoms with van der Waals surface area (Å²) in [4.78, 5) is 18.7. The van der Waals surface area contributed by atoms with Crippen LogP contribution in [0, 0.1) is 5.82 Å². The largest absolute Gasteiger partial charge is 0.311 e. The predicted molar refractivity (Wildman–Crippen MR) is 87.0 cm³/mol. The van der Waals surface area contributed by atoms with Crippen molar-refractivity contribution in [3.05, 3.63) is 42.2 Å². The summed E-state index contributed by atoms with van der Waals surface area (Å²) in [5.41, 5.74) is 0.633. The molecule has 2 unspecified atom stereocenters.